The molecule has 7 rings (SSSR count). The molecule has 0 amide bonds. The molecule has 0 spiro atoms. The SMILES string of the molecule is Cl.Cl.[CH2]=[Zr]([CH3])([C]1=CC(C(C)(C)C)=CC1C)([c]1ccccc1)[CH]1C=C(C)c2cc3c(cc2C1(C)C)Cc1cc2c(cc1-3)C(C)=CCC2(C)C. The van der Waals surface area contributed by atoms with Crippen LogP contribution in [0.5, 0.6) is 0 Å². The molecule has 0 bridgehead atoms. The minimum absolute atomic E-state index is 0. The van der Waals surface area contributed by atoms with Crippen LogP contribution in [0.2, 0.25) is 8.26 Å². The number of halogens is 2. The van der Waals surface area contributed by atoms with E-state index in [0.717, 1.165) is 12.8 Å². The summed E-state index contributed by atoms with van der Waals surface area (Å²) >= 11 is -4.26. The van der Waals surface area contributed by atoms with Crippen molar-refractivity contribution in [3.63, 3.8) is 0 Å². The first-order chi connectivity index (χ1) is 21.3. The molecule has 3 heteroatoms. The zero-order valence-corrected chi connectivity index (χ0v) is 35.2. The second-order valence-electron chi connectivity index (χ2n) is 18.1. The van der Waals surface area contributed by atoms with Crippen LogP contribution in [0.25, 0.3) is 22.3 Å². The second kappa shape index (κ2) is 11.8. The molecule has 3 aromatic rings. The molecular weight excluding hydrogens is 703 g/mol. The predicted octanol–water partition coefficient (Wildman–Crippen LogP) is 12.7. The van der Waals surface area contributed by atoms with Gasteiger partial charge in [-0.15, -0.1) is 24.8 Å². The fourth-order valence-corrected chi connectivity index (χ4v) is 27.0. The first-order valence-electron chi connectivity index (χ1n) is 17.6. The van der Waals surface area contributed by atoms with Crippen LogP contribution in [0.15, 0.2) is 87.8 Å². The van der Waals surface area contributed by atoms with Gasteiger partial charge in [-0.25, -0.2) is 0 Å². The van der Waals surface area contributed by atoms with Crippen LogP contribution < -0.4 is 3.27 Å². The molecule has 0 N–H and O–H groups in total. The van der Waals surface area contributed by atoms with Crippen molar-refractivity contribution < 1.29 is 18.3 Å². The monoisotopic (exact) mass is 756 g/mol. The van der Waals surface area contributed by atoms with E-state index >= 15 is 0 Å². The molecule has 2 unspecified atom stereocenters. The number of benzene rings is 3. The third kappa shape index (κ3) is 5.28. The Morgan fingerprint density at radius 2 is 1.33 bits per heavy atom. The van der Waals surface area contributed by atoms with E-state index in [0.29, 0.717) is 9.54 Å². The molecular formula is C45H56Cl2Zr. The van der Waals surface area contributed by atoms with Crippen molar-refractivity contribution in [3.05, 3.63) is 121 Å². The maximum absolute atomic E-state index is 5.58. The summed E-state index contributed by atoms with van der Waals surface area (Å²) in [7, 11) is 0. The maximum atomic E-state index is 5.58. The van der Waals surface area contributed by atoms with Crippen molar-refractivity contribution >= 4 is 43.4 Å². The molecule has 2 atom stereocenters. The number of allylic oxidation sites excluding steroid dienone is 8. The summed E-state index contributed by atoms with van der Waals surface area (Å²) in [6, 6.07) is 21.7. The van der Waals surface area contributed by atoms with Gasteiger partial charge in [-0.1, -0.05) is 0 Å². The molecule has 4 aliphatic rings. The molecule has 254 valence electrons. The third-order valence-electron chi connectivity index (χ3n) is 12.9. The van der Waals surface area contributed by atoms with Gasteiger partial charge < -0.3 is 0 Å². The summed E-state index contributed by atoms with van der Waals surface area (Å²) in [5, 5.41) is 0. The van der Waals surface area contributed by atoms with Crippen molar-refractivity contribution in [3.8, 4) is 11.1 Å². The first-order valence-corrected chi connectivity index (χ1v) is 25.7. The van der Waals surface area contributed by atoms with Crippen molar-refractivity contribution in [1.29, 1.82) is 0 Å². The van der Waals surface area contributed by atoms with Gasteiger partial charge in [0.05, 0.1) is 0 Å². The molecule has 0 nitrogen and oxygen atoms in total. The Labute approximate surface area is 304 Å². The van der Waals surface area contributed by atoms with Crippen LogP contribution in [0.1, 0.15) is 109 Å². The van der Waals surface area contributed by atoms with Crippen molar-refractivity contribution in [2.45, 2.75) is 101 Å². The Balaban J connectivity index is 0.00000225. The number of hydrogen-bond donors (Lipinski definition) is 0. The second-order valence-corrected chi connectivity index (χ2v) is 32.8. The van der Waals surface area contributed by atoms with E-state index in [4.69, 9.17) is 4.21 Å². The van der Waals surface area contributed by atoms with Gasteiger partial charge in [0, 0.05) is 0 Å². The predicted molar refractivity (Wildman–Crippen MR) is 215 cm³/mol. The van der Waals surface area contributed by atoms with Gasteiger partial charge in [-0.3, -0.25) is 0 Å². The standard InChI is InChI=1S/C27H29.C10H15.C6H5.CH3.CH2.2ClH.Zr/c1-16-7-9-26(3,4)24-12-18-11-19-13-25-21(17(2)8-10-27(25,5)6)15-23(19)22(18)14-20(16)24;1-8-5-6-9(7-8)10(2,3)4;1-2-4-6-5-3-1;;;;;/h7-9,12-15H,10-11H2,1-6H3;6-8H,1-4H3;1-5H;1H3;1H2;2*1H;. The summed E-state index contributed by atoms with van der Waals surface area (Å²) in [5.41, 5.74) is 16.4. The minimum atomic E-state index is -4.26. The van der Waals surface area contributed by atoms with Crippen molar-refractivity contribution in [2.75, 3.05) is 0 Å². The topological polar surface area (TPSA) is 0 Å². The normalized spacial score (nSPS) is 22.0. The molecule has 4 aliphatic carbocycles. The van der Waals surface area contributed by atoms with Crippen LogP contribution in [-0.2, 0) is 35.5 Å². The average molecular weight is 759 g/mol. The molecule has 0 heterocycles. The van der Waals surface area contributed by atoms with Crippen LogP contribution in [-0.4, -0.2) is 4.21 Å². The van der Waals surface area contributed by atoms with Crippen molar-refractivity contribution in [2.24, 2.45) is 11.3 Å². The molecule has 0 aliphatic heterocycles. The average Bonchev–Trinajstić information content (AvgIpc) is 3.57. The van der Waals surface area contributed by atoms with E-state index in [9.17, 15) is 0 Å². The summed E-state index contributed by atoms with van der Waals surface area (Å²) in [6.45, 7) is 24.0. The van der Waals surface area contributed by atoms with Gasteiger partial charge in [0.2, 0.25) is 0 Å². The first kappa shape index (κ1) is 37.2. The molecule has 0 fully saturated rings. The van der Waals surface area contributed by atoms with E-state index in [1.165, 1.54) is 64.5 Å². The number of hydrogen-bond acceptors (Lipinski definition) is 0. The van der Waals surface area contributed by atoms with Gasteiger partial charge in [0.25, 0.3) is 0 Å². The Morgan fingerprint density at radius 3 is 1.90 bits per heavy atom. The van der Waals surface area contributed by atoms with Crippen molar-refractivity contribution in [1.82, 2.24) is 0 Å². The fourth-order valence-electron chi connectivity index (χ4n) is 10.0. The summed E-state index contributed by atoms with van der Waals surface area (Å²) in [4.78, 5) is 0. The molecule has 0 saturated carbocycles. The van der Waals surface area contributed by atoms with E-state index in [1.54, 1.807) is 3.28 Å². The zero-order chi connectivity index (χ0) is 33.2. The van der Waals surface area contributed by atoms with E-state index < -0.39 is 18.3 Å². The fraction of sp³-hybridized carbons (Fsp3) is 0.400. The quantitative estimate of drug-likeness (QED) is 0.195. The molecule has 48 heavy (non-hydrogen) atoms. The summed E-state index contributed by atoms with van der Waals surface area (Å²) in [5.74, 6) is 0.399. The van der Waals surface area contributed by atoms with Crippen LogP contribution in [0, 0.1) is 11.3 Å². The number of rotatable bonds is 3. The Kier molecular flexibility index (Phi) is 9.11. The zero-order valence-electron chi connectivity index (χ0n) is 31.1. The van der Waals surface area contributed by atoms with Gasteiger partial charge in [0.15, 0.2) is 0 Å². The van der Waals surface area contributed by atoms with Crippen LogP contribution in [0.3, 0.4) is 0 Å². The third-order valence-corrected chi connectivity index (χ3v) is 29.4. The van der Waals surface area contributed by atoms with E-state index in [2.05, 4.69) is 153 Å². The Morgan fingerprint density at radius 1 is 0.771 bits per heavy atom. The van der Waals surface area contributed by atoms with Crippen LogP contribution in [0.4, 0.5) is 0 Å². The van der Waals surface area contributed by atoms with E-state index in [1.807, 2.05) is 0 Å². The van der Waals surface area contributed by atoms with Gasteiger partial charge >= 0.3 is 282 Å². The van der Waals surface area contributed by atoms with Gasteiger partial charge in [-0.05, 0) is 0 Å². The Bertz CT molecular complexity index is 2020. The molecule has 0 aromatic heterocycles. The number of fused-ring (bicyclic) bond motifs is 5. The van der Waals surface area contributed by atoms with E-state index in [-0.39, 0.29) is 41.1 Å². The van der Waals surface area contributed by atoms with Gasteiger partial charge in [-0.2, -0.15) is 0 Å². The molecule has 3 aromatic carbocycles. The summed E-state index contributed by atoms with van der Waals surface area (Å²) in [6.07, 6.45) is 12.4. The van der Waals surface area contributed by atoms with Crippen LogP contribution >= 0.6 is 24.8 Å². The summed E-state index contributed by atoms with van der Waals surface area (Å²) < 4.78 is 11.7. The van der Waals surface area contributed by atoms with Gasteiger partial charge in [0.1, 0.15) is 0 Å². The molecule has 0 radical (unpaired) electrons. The molecule has 0 saturated heterocycles. The Hall–Kier alpha value is -2.05.